The Morgan fingerprint density at radius 1 is 1.15 bits per heavy atom. The molecule has 1 N–H and O–H groups in total. The lowest BCUT2D eigenvalue weighted by Gasteiger charge is -2.08. The zero-order valence-electron chi connectivity index (χ0n) is 11.3. The van der Waals surface area contributed by atoms with Crippen molar-refractivity contribution in [3.8, 4) is 11.4 Å². The van der Waals surface area contributed by atoms with Crippen LogP contribution in [0.15, 0.2) is 30.3 Å². The van der Waals surface area contributed by atoms with E-state index in [1.165, 1.54) is 4.80 Å². The summed E-state index contributed by atoms with van der Waals surface area (Å²) in [4.78, 5) is 1.46. The van der Waals surface area contributed by atoms with Crippen LogP contribution < -0.4 is 0 Å². The Morgan fingerprint density at radius 3 is 2.65 bits per heavy atom. The van der Waals surface area contributed by atoms with Crippen molar-refractivity contribution < 1.29 is 5.11 Å². The number of hydrogen-bond acceptors (Lipinski definition) is 3. The molecule has 0 unspecified atom stereocenters. The van der Waals surface area contributed by atoms with E-state index in [0.717, 1.165) is 23.1 Å². The van der Waals surface area contributed by atoms with Crippen molar-refractivity contribution in [2.75, 3.05) is 0 Å². The van der Waals surface area contributed by atoms with Gasteiger partial charge >= 0.3 is 0 Å². The van der Waals surface area contributed by atoms with Gasteiger partial charge in [0.15, 0.2) is 0 Å². The van der Waals surface area contributed by atoms with Crippen molar-refractivity contribution in [3.63, 3.8) is 0 Å². The molecule has 2 aromatic carbocycles. The monoisotopic (exact) mass is 287 g/mol. The van der Waals surface area contributed by atoms with Crippen LogP contribution in [0.2, 0.25) is 5.02 Å². The normalized spacial score (nSPS) is 11.2. The summed E-state index contributed by atoms with van der Waals surface area (Å²) in [5.74, 6) is 0.202. The summed E-state index contributed by atoms with van der Waals surface area (Å²) < 4.78 is 0. The number of hydrogen-bond donors (Lipinski definition) is 1. The van der Waals surface area contributed by atoms with Crippen molar-refractivity contribution in [2.45, 2.75) is 20.3 Å². The third-order valence-electron chi connectivity index (χ3n) is 3.31. The molecule has 0 amide bonds. The maximum absolute atomic E-state index is 10.2. The van der Waals surface area contributed by atoms with E-state index in [-0.39, 0.29) is 5.75 Å². The van der Waals surface area contributed by atoms with Gasteiger partial charge in [0.05, 0.1) is 0 Å². The Bertz CT molecular complexity index is 795. The molecule has 0 aliphatic carbocycles. The molecule has 0 fully saturated rings. The molecule has 0 bridgehead atoms. The van der Waals surface area contributed by atoms with E-state index in [9.17, 15) is 5.11 Å². The van der Waals surface area contributed by atoms with Gasteiger partial charge in [-0.1, -0.05) is 24.6 Å². The molecular weight excluding hydrogens is 274 g/mol. The maximum Gasteiger partial charge on any atom is 0.146 e. The highest BCUT2D eigenvalue weighted by Gasteiger charge is 2.12. The van der Waals surface area contributed by atoms with Crippen molar-refractivity contribution in [2.24, 2.45) is 0 Å². The number of phenolic OH excluding ortho intramolecular Hbond substituents is 1. The molecule has 20 heavy (non-hydrogen) atoms. The number of aromatic nitrogens is 3. The lowest BCUT2D eigenvalue weighted by Crippen LogP contribution is -2.01. The first-order valence-electron chi connectivity index (χ1n) is 6.44. The van der Waals surface area contributed by atoms with Gasteiger partial charge in [-0.2, -0.15) is 0 Å². The summed E-state index contributed by atoms with van der Waals surface area (Å²) in [6.45, 7) is 3.94. The van der Waals surface area contributed by atoms with Gasteiger partial charge in [0, 0.05) is 5.02 Å². The first-order chi connectivity index (χ1) is 9.58. The Balaban J connectivity index is 2.22. The second-order valence-electron chi connectivity index (χ2n) is 4.76. The van der Waals surface area contributed by atoms with E-state index in [1.807, 2.05) is 25.1 Å². The number of benzene rings is 2. The molecule has 0 radical (unpaired) electrons. The number of rotatable bonds is 2. The smallest absolute Gasteiger partial charge is 0.146 e. The molecule has 0 aliphatic heterocycles. The van der Waals surface area contributed by atoms with Crippen molar-refractivity contribution in [3.05, 3.63) is 46.5 Å². The predicted octanol–water partition coefficient (Wildman–Crippen LogP) is 3.65. The number of aromatic hydroxyl groups is 1. The topological polar surface area (TPSA) is 50.9 Å². The van der Waals surface area contributed by atoms with Gasteiger partial charge in [-0.15, -0.1) is 15.0 Å². The molecule has 0 spiro atoms. The highest BCUT2D eigenvalue weighted by molar-refractivity contribution is 6.31. The van der Waals surface area contributed by atoms with E-state index < -0.39 is 0 Å². The number of phenols is 1. The van der Waals surface area contributed by atoms with Crippen LogP contribution in [0.1, 0.15) is 18.1 Å². The summed E-state index contributed by atoms with van der Waals surface area (Å²) in [5.41, 5.74) is 3.99. The van der Waals surface area contributed by atoms with Gasteiger partial charge in [0.25, 0.3) is 0 Å². The van der Waals surface area contributed by atoms with E-state index in [1.54, 1.807) is 12.1 Å². The minimum atomic E-state index is 0.202. The van der Waals surface area contributed by atoms with E-state index in [2.05, 4.69) is 17.1 Å². The van der Waals surface area contributed by atoms with Gasteiger partial charge in [-0.25, -0.2) is 0 Å². The fourth-order valence-electron chi connectivity index (χ4n) is 2.19. The number of fused-ring (bicyclic) bond motifs is 1. The standard InChI is InChI=1S/C15H14ClN3O/c1-3-10-6-9(2)15(20)14(7-10)19-17-12-5-4-11(16)8-13(12)18-19/h4-8,20H,3H2,1-2H3. The minimum Gasteiger partial charge on any atom is -0.505 e. The highest BCUT2D eigenvalue weighted by Crippen LogP contribution is 2.28. The summed E-state index contributed by atoms with van der Waals surface area (Å²) in [5, 5.41) is 19.6. The molecular formula is C15H14ClN3O. The van der Waals surface area contributed by atoms with Crippen LogP contribution in [0, 0.1) is 6.92 Å². The average molecular weight is 288 g/mol. The fraction of sp³-hybridized carbons (Fsp3) is 0.200. The van der Waals surface area contributed by atoms with Crippen molar-refractivity contribution in [1.82, 2.24) is 15.0 Å². The molecule has 102 valence electrons. The van der Waals surface area contributed by atoms with Gasteiger partial charge in [-0.05, 0) is 48.7 Å². The van der Waals surface area contributed by atoms with Crippen LogP contribution in [-0.2, 0) is 6.42 Å². The van der Waals surface area contributed by atoms with E-state index >= 15 is 0 Å². The Morgan fingerprint density at radius 2 is 1.90 bits per heavy atom. The zero-order chi connectivity index (χ0) is 14.3. The van der Waals surface area contributed by atoms with Crippen LogP contribution in [0.5, 0.6) is 5.75 Å². The summed E-state index contributed by atoms with van der Waals surface area (Å²) in [7, 11) is 0. The molecule has 3 aromatic rings. The van der Waals surface area contributed by atoms with Gasteiger partial charge in [0.1, 0.15) is 22.5 Å². The molecule has 1 aromatic heterocycles. The van der Waals surface area contributed by atoms with Crippen molar-refractivity contribution in [1.29, 1.82) is 0 Å². The molecule has 0 saturated heterocycles. The lowest BCUT2D eigenvalue weighted by atomic mass is 10.1. The summed E-state index contributed by atoms with van der Waals surface area (Å²) in [6, 6.07) is 9.22. The number of halogens is 1. The molecule has 4 nitrogen and oxygen atoms in total. The van der Waals surface area contributed by atoms with Crippen molar-refractivity contribution >= 4 is 22.6 Å². The maximum atomic E-state index is 10.2. The largest absolute Gasteiger partial charge is 0.505 e. The molecule has 5 heteroatoms. The fourth-order valence-corrected chi connectivity index (χ4v) is 2.35. The first-order valence-corrected chi connectivity index (χ1v) is 6.81. The lowest BCUT2D eigenvalue weighted by molar-refractivity contribution is 0.463. The van der Waals surface area contributed by atoms with Crippen LogP contribution in [0.25, 0.3) is 16.7 Å². The van der Waals surface area contributed by atoms with Gasteiger partial charge < -0.3 is 5.11 Å². The van der Waals surface area contributed by atoms with Crippen LogP contribution >= 0.6 is 11.6 Å². The highest BCUT2D eigenvalue weighted by atomic mass is 35.5. The Hall–Kier alpha value is -2.07. The second kappa shape index (κ2) is 4.80. The number of aryl methyl sites for hydroxylation is 2. The van der Waals surface area contributed by atoms with Crippen LogP contribution in [-0.4, -0.2) is 20.1 Å². The summed E-state index contributed by atoms with van der Waals surface area (Å²) in [6.07, 6.45) is 0.890. The summed E-state index contributed by atoms with van der Waals surface area (Å²) >= 11 is 5.95. The van der Waals surface area contributed by atoms with E-state index in [4.69, 9.17) is 11.6 Å². The minimum absolute atomic E-state index is 0.202. The van der Waals surface area contributed by atoms with Crippen LogP contribution in [0.4, 0.5) is 0 Å². The SMILES string of the molecule is CCc1cc(C)c(O)c(-n2nc3ccc(Cl)cc3n2)c1. The third kappa shape index (κ3) is 2.12. The third-order valence-corrected chi connectivity index (χ3v) is 3.54. The Labute approximate surface area is 121 Å². The molecule has 1 heterocycles. The quantitative estimate of drug-likeness (QED) is 0.783. The molecule has 0 aliphatic rings. The predicted molar refractivity (Wildman–Crippen MR) is 79.7 cm³/mol. The second-order valence-corrected chi connectivity index (χ2v) is 5.19. The zero-order valence-corrected chi connectivity index (χ0v) is 12.0. The average Bonchev–Trinajstić information content (AvgIpc) is 2.84. The Kier molecular flexibility index (Phi) is 3.10. The van der Waals surface area contributed by atoms with Gasteiger partial charge in [-0.3, -0.25) is 0 Å². The molecule has 0 saturated carbocycles. The van der Waals surface area contributed by atoms with E-state index in [0.29, 0.717) is 16.2 Å². The molecule has 3 rings (SSSR count). The van der Waals surface area contributed by atoms with Crippen LogP contribution in [0.3, 0.4) is 0 Å². The first kappa shape index (κ1) is 12.9. The number of nitrogens with zero attached hydrogens (tertiary/aromatic N) is 3. The molecule has 0 atom stereocenters. The van der Waals surface area contributed by atoms with Gasteiger partial charge in [0.2, 0.25) is 0 Å².